The number of hydrogen-bond acceptors (Lipinski definition) is 4. The van der Waals surface area contributed by atoms with Gasteiger partial charge in [-0.3, -0.25) is 14.4 Å². The lowest BCUT2D eigenvalue weighted by molar-refractivity contribution is -0.137. The van der Waals surface area contributed by atoms with Crippen molar-refractivity contribution in [2.45, 2.75) is 59.3 Å². The minimum Gasteiger partial charge on any atom is -0.368 e. The van der Waals surface area contributed by atoms with Crippen molar-refractivity contribution in [2.75, 3.05) is 13.1 Å². The first-order valence-corrected chi connectivity index (χ1v) is 12.0. The number of nitrogens with one attached hydrogen (secondary N) is 3. The maximum atomic E-state index is 13.0. The van der Waals surface area contributed by atoms with Gasteiger partial charge in [0.1, 0.15) is 5.54 Å². The van der Waals surface area contributed by atoms with E-state index >= 15 is 0 Å². The molecule has 1 unspecified atom stereocenters. The van der Waals surface area contributed by atoms with Gasteiger partial charge in [0.2, 0.25) is 11.8 Å². The Labute approximate surface area is 215 Å². The predicted molar refractivity (Wildman–Crippen MR) is 136 cm³/mol. The van der Waals surface area contributed by atoms with Gasteiger partial charge in [-0.05, 0) is 55.0 Å². The van der Waals surface area contributed by atoms with Crippen LogP contribution < -0.4 is 21.7 Å². The molecule has 37 heavy (non-hydrogen) atoms. The summed E-state index contributed by atoms with van der Waals surface area (Å²) >= 11 is 0. The van der Waals surface area contributed by atoms with E-state index in [4.69, 9.17) is 5.73 Å². The summed E-state index contributed by atoms with van der Waals surface area (Å²) in [4.78, 5) is 38.1. The molecule has 0 aliphatic heterocycles. The smallest absolute Gasteiger partial charge is 0.368 e. The molecule has 2 aromatic carbocycles. The van der Waals surface area contributed by atoms with Gasteiger partial charge in [-0.2, -0.15) is 13.2 Å². The second kappa shape index (κ2) is 11.8. The number of benzene rings is 2. The van der Waals surface area contributed by atoms with E-state index in [1.54, 1.807) is 13.8 Å². The summed E-state index contributed by atoms with van der Waals surface area (Å²) in [6, 6.07) is 9.89. The van der Waals surface area contributed by atoms with E-state index in [0.29, 0.717) is 19.0 Å². The van der Waals surface area contributed by atoms with Gasteiger partial charge in [-0.1, -0.05) is 50.6 Å². The average molecular weight is 521 g/mol. The van der Waals surface area contributed by atoms with Crippen molar-refractivity contribution in [1.82, 2.24) is 16.0 Å². The molecular weight excluding hydrogens is 485 g/mol. The van der Waals surface area contributed by atoms with E-state index in [0.717, 1.165) is 28.8 Å². The number of carbonyl (C=O) groups excluding carboxylic acids is 3. The van der Waals surface area contributed by atoms with Crippen molar-refractivity contribution in [3.05, 3.63) is 70.3 Å². The third kappa shape index (κ3) is 7.31. The summed E-state index contributed by atoms with van der Waals surface area (Å²) in [6.45, 7) is 9.36. The zero-order chi connectivity index (χ0) is 28.0. The van der Waals surface area contributed by atoms with Gasteiger partial charge in [-0.15, -0.1) is 0 Å². The molecule has 0 fully saturated rings. The second-order valence-corrected chi connectivity index (χ2v) is 9.85. The highest BCUT2D eigenvalue weighted by Crippen LogP contribution is 2.34. The Bertz CT molecular complexity index is 1150. The zero-order valence-electron chi connectivity index (χ0n) is 21.8. The summed E-state index contributed by atoms with van der Waals surface area (Å²) in [5, 5.41) is 8.25. The fourth-order valence-corrected chi connectivity index (χ4v) is 4.05. The molecule has 2 rings (SSSR count). The van der Waals surface area contributed by atoms with Crippen LogP contribution in [-0.4, -0.2) is 36.3 Å². The highest BCUT2D eigenvalue weighted by Gasteiger charge is 2.50. The molecule has 0 saturated heterocycles. The standard InChI is InChI=1S/C27H35F3N4O3/c1-6-25(4,5)26(24(31)37,16-32-14-20-11-10-17(2)12-18(20)3)34-22(35)15-33-23(36)19-8-7-9-21(13-19)27(28,29)30/h7-13,32H,6,14-16H2,1-5H3,(H2,31,37)(H,33,36)(H,34,35). The van der Waals surface area contributed by atoms with E-state index in [2.05, 4.69) is 16.0 Å². The fourth-order valence-electron chi connectivity index (χ4n) is 4.05. The maximum Gasteiger partial charge on any atom is 0.416 e. The highest BCUT2D eigenvalue weighted by atomic mass is 19.4. The predicted octanol–water partition coefficient (Wildman–Crippen LogP) is 3.62. The van der Waals surface area contributed by atoms with Crippen molar-refractivity contribution in [2.24, 2.45) is 11.1 Å². The Morgan fingerprint density at radius 2 is 1.68 bits per heavy atom. The molecule has 5 N–H and O–H groups in total. The lowest BCUT2D eigenvalue weighted by atomic mass is 9.69. The molecule has 0 aliphatic rings. The number of alkyl halides is 3. The number of primary amides is 1. The number of aryl methyl sites for hydroxylation is 2. The van der Waals surface area contributed by atoms with Crippen LogP contribution >= 0.6 is 0 Å². The maximum absolute atomic E-state index is 13.0. The van der Waals surface area contributed by atoms with Gasteiger partial charge in [0.15, 0.2) is 0 Å². The first-order valence-electron chi connectivity index (χ1n) is 12.0. The topological polar surface area (TPSA) is 113 Å². The monoisotopic (exact) mass is 520 g/mol. The van der Waals surface area contributed by atoms with Gasteiger partial charge in [0, 0.05) is 18.7 Å². The summed E-state index contributed by atoms with van der Waals surface area (Å²) in [6.07, 6.45) is -4.11. The molecular formula is C27H35F3N4O3. The number of nitrogens with two attached hydrogens (primary N) is 1. The fraction of sp³-hybridized carbons (Fsp3) is 0.444. The van der Waals surface area contributed by atoms with Crippen LogP contribution in [0.4, 0.5) is 13.2 Å². The minimum absolute atomic E-state index is 0.0316. The second-order valence-electron chi connectivity index (χ2n) is 9.85. The van der Waals surface area contributed by atoms with Crippen LogP contribution in [0, 0.1) is 19.3 Å². The lowest BCUT2D eigenvalue weighted by Gasteiger charge is -2.44. The zero-order valence-corrected chi connectivity index (χ0v) is 21.8. The molecule has 0 bridgehead atoms. The Hall–Kier alpha value is -3.40. The average Bonchev–Trinajstić information content (AvgIpc) is 2.82. The number of carbonyl (C=O) groups is 3. The van der Waals surface area contributed by atoms with Crippen LogP contribution in [0.5, 0.6) is 0 Å². The Kier molecular flexibility index (Phi) is 9.49. The van der Waals surface area contributed by atoms with Crippen molar-refractivity contribution in [1.29, 1.82) is 0 Å². The van der Waals surface area contributed by atoms with Gasteiger partial charge < -0.3 is 21.7 Å². The molecule has 202 valence electrons. The number of amides is 3. The van der Waals surface area contributed by atoms with Crippen LogP contribution in [0.25, 0.3) is 0 Å². The SMILES string of the molecule is CCC(C)(C)C(CNCc1ccc(C)cc1C)(NC(=O)CNC(=O)c1cccc(C(F)(F)F)c1)C(N)=O. The van der Waals surface area contributed by atoms with E-state index < -0.39 is 47.0 Å². The third-order valence-electron chi connectivity index (χ3n) is 6.88. The van der Waals surface area contributed by atoms with E-state index in [-0.39, 0.29) is 12.1 Å². The molecule has 10 heteroatoms. The molecule has 0 aromatic heterocycles. The highest BCUT2D eigenvalue weighted by molar-refractivity contribution is 5.98. The summed E-state index contributed by atoms with van der Waals surface area (Å²) in [7, 11) is 0. The quantitative estimate of drug-likeness (QED) is 0.363. The van der Waals surface area contributed by atoms with Crippen molar-refractivity contribution >= 4 is 17.7 Å². The van der Waals surface area contributed by atoms with Crippen LogP contribution in [0.15, 0.2) is 42.5 Å². The molecule has 7 nitrogen and oxygen atoms in total. The Morgan fingerprint density at radius 3 is 2.24 bits per heavy atom. The molecule has 0 saturated carbocycles. The molecule has 0 aliphatic carbocycles. The lowest BCUT2D eigenvalue weighted by Crippen LogP contribution is -2.70. The van der Waals surface area contributed by atoms with Gasteiger partial charge >= 0.3 is 6.18 Å². The first-order chi connectivity index (χ1) is 17.1. The largest absolute Gasteiger partial charge is 0.416 e. The van der Waals surface area contributed by atoms with Crippen LogP contribution in [0.2, 0.25) is 0 Å². The molecule has 0 spiro atoms. The molecule has 2 aromatic rings. The third-order valence-corrected chi connectivity index (χ3v) is 6.88. The normalized spacial score (nSPS) is 13.5. The summed E-state index contributed by atoms with van der Waals surface area (Å²) in [5.74, 6) is -2.30. The Morgan fingerprint density at radius 1 is 1.00 bits per heavy atom. The van der Waals surface area contributed by atoms with Crippen LogP contribution in [0.3, 0.4) is 0 Å². The molecule has 1 atom stereocenters. The van der Waals surface area contributed by atoms with E-state index in [9.17, 15) is 27.6 Å². The number of rotatable bonds is 11. The minimum atomic E-state index is -4.61. The molecule has 0 heterocycles. The number of halogens is 3. The van der Waals surface area contributed by atoms with Crippen molar-refractivity contribution < 1.29 is 27.6 Å². The summed E-state index contributed by atoms with van der Waals surface area (Å²) < 4.78 is 38.9. The number of hydrogen-bond donors (Lipinski definition) is 4. The van der Waals surface area contributed by atoms with Crippen molar-refractivity contribution in [3.8, 4) is 0 Å². The van der Waals surface area contributed by atoms with Gasteiger partial charge in [0.25, 0.3) is 5.91 Å². The summed E-state index contributed by atoms with van der Waals surface area (Å²) in [5.41, 5.74) is 5.57. The Balaban J connectivity index is 2.16. The van der Waals surface area contributed by atoms with Gasteiger partial charge in [0.05, 0.1) is 12.1 Å². The van der Waals surface area contributed by atoms with Crippen LogP contribution in [-0.2, 0) is 22.3 Å². The van der Waals surface area contributed by atoms with Crippen molar-refractivity contribution in [3.63, 3.8) is 0 Å². The van der Waals surface area contributed by atoms with Crippen LogP contribution in [0.1, 0.15) is 59.8 Å². The van der Waals surface area contributed by atoms with E-state index in [1.165, 1.54) is 6.07 Å². The van der Waals surface area contributed by atoms with Gasteiger partial charge in [-0.25, -0.2) is 0 Å². The molecule has 3 amide bonds. The molecule has 0 radical (unpaired) electrons. The first kappa shape index (κ1) is 29.8. The van der Waals surface area contributed by atoms with E-state index in [1.807, 2.05) is 39.0 Å².